The summed E-state index contributed by atoms with van der Waals surface area (Å²) in [6.45, 7) is 1.74. The molecule has 1 aromatic rings. The van der Waals surface area contributed by atoms with Gasteiger partial charge >= 0.3 is 0 Å². The minimum absolute atomic E-state index is 0.141. The topological polar surface area (TPSA) is 46.0 Å². The molecule has 1 N–H and O–H groups in total. The van der Waals surface area contributed by atoms with Gasteiger partial charge in [-0.2, -0.15) is 0 Å². The van der Waals surface area contributed by atoms with Crippen molar-refractivity contribution in [3.63, 3.8) is 0 Å². The van der Waals surface area contributed by atoms with Crippen LogP contribution in [0.15, 0.2) is 9.21 Å². The molecule has 5 heteroatoms. The fourth-order valence-electron chi connectivity index (χ4n) is 0.575. The second-order valence-electron chi connectivity index (χ2n) is 2.00. The molecule has 0 saturated heterocycles. The van der Waals surface area contributed by atoms with E-state index < -0.39 is 0 Å². The highest BCUT2D eigenvalue weighted by atomic mass is 79.9. The van der Waals surface area contributed by atoms with E-state index in [0.29, 0.717) is 15.0 Å². The molecule has 0 unspecified atom stereocenters. The molecule has 0 aliphatic heterocycles. The Kier molecular flexibility index (Phi) is 2.98. The van der Waals surface area contributed by atoms with Crippen LogP contribution in [0.2, 0.25) is 0 Å². The highest BCUT2D eigenvalue weighted by Gasteiger charge is 2.04. The average molecular weight is 282 g/mol. The first-order valence-electron chi connectivity index (χ1n) is 2.94. The van der Waals surface area contributed by atoms with Crippen LogP contribution in [-0.4, -0.2) is 15.1 Å². The molecule has 0 aliphatic carbocycles. The Hall–Kier alpha value is -0.000000000000000111. The monoisotopic (exact) mass is 280 g/mol. The standard InChI is InChI=1S/C6H6Br2N2O/c1-3-5(7)9-4(2-11)10-6(3)8/h11H,2H2,1H3. The van der Waals surface area contributed by atoms with Crippen molar-refractivity contribution in [1.29, 1.82) is 0 Å². The Bertz CT molecular complexity index is 254. The maximum atomic E-state index is 8.71. The molecule has 0 aliphatic rings. The van der Waals surface area contributed by atoms with Gasteiger partial charge in [-0.25, -0.2) is 9.97 Å². The van der Waals surface area contributed by atoms with E-state index >= 15 is 0 Å². The molecule has 0 spiro atoms. The Balaban J connectivity index is 3.21. The molecule has 0 atom stereocenters. The van der Waals surface area contributed by atoms with Crippen LogP contribution in [0.25, 0.3) is 0 Å². The second-order valence-corrected chi connectivity index (χ2v) is 3.51. The summed E-state index contributed by atoms with van der Waals surface area (Å²) in [4.78, 5) is 7.96. The van der Waals surface area contributed by atoms with Crippen LogP contribution in [0, 0.1) is 6.92 Å². The third-order valence-corrected chi connectivity index (χ3v) is 2.76. The summed E-state index contributed by atoms with van der Waals surface area (Å²) >= 11 is 6.49. The van der Waals surface area contributed by atoms with E-state index in [1.807, 2.05) is 6.92 Å². The van der Waals surface area contributed by atoms with Crippen molar-refractivity contribution in [1.82, 2.24) is 9.97 Å². The van der Waals surface area contributed by atoms with Crippen LogP contribution in [0.4, 0.5) is 0 Å². The third-order valence-electron chi connectivity index (χ3n) is 1.21. The molecule has 3 nitrogen and oxygen atoms in total. The summed E-state index contributed by atoms with van der Waals surface area (Å²) in [5.74, 6) is 0.411. The number of aliphatic hydroxyl groups excluding tert-OH is 1. The van der Waals surface area contributed by atoms with Crippen molar-refractivity contribution in [2.24, 2.45) is 0 Å². The van der Waals surface area contributed by atoms with E-state index in [0.717, 1.165) is 5.56 Å². The lowest BCUT2D eigenvalue weighted by atomic mass is 10.4. The summed E-state index contributed by atoms with van der Waals surface area (Å²) in [6, 6.07) is 0. The van der Waals surface area contributed by atoms with Gasteiger partial charge in [0.25, 0.3) is 0 Å². The van der Waals surface area contributed by atoms with Gasteiger partial charge in [-0.05, 0) is 38.8 Å². The number of hydrogen-bond donors (Lipinski definition) is 1. The third kappa shape index (κ3) is 1.98. The molecule has 0 aromatic carbocycles. The van der Waals surface area contributed by atoms with Gasteiger partial charge in [-0.15, -0.1) is 0 Å². The molecule has 1 aromatic heterocycles. The van der Waals surface area contributed by atoms with Crippen molar-refractivity contribution in [3.8, 4) is 0 Å². The molecule has 1 heterocycles. The maximum Gasteiger partial charge on any atom is 0.156 e. The van der Waals surface area contributed by atoms with E-state index in [2.05, 4.69) is 41.8 Å². The lowest BCUT2D eigenvalue weighted by Crippen LogP contribution is -1.97. The van der Waals surface area contributed by atoms with E-state index in [4.69, 9.17) is 5.11 Å². The first kappa shape index (κ1) is 9.09. The Labute approximate surface area is 81.1 Å². The van der Waals surface area contributed by atoms with Crippen molar-refractivity contribution in [3.05, 3.63) is 20.6 Å². The van der Waals surface area contributed by atoms with Gasteiger partial charge in [0.05, 0.1) is 0 Å². The smallest absolute Gasteiger partial charge is 0.156 e. The van der Waals surface area contributed by atoms with Gasteiger partial charge in [0.1, 0.15) is 15.8 Å². The van der Waals surface area contributed by atoms with Gasteiger partial charge in [0, 0.05) is 5.56 Å². The predicted molar refractivity (Wildman–Crippen MR) is 48.1 cm³/mol. The number of halogens is 2. The first-order valence-corrected chi connectivity index (χ1v) is 4.53. The predicted octanol–water partition coefficient (Wildman–Crippen LogP) is 1.80. The van der Waals surface area contributed by atoms with E-state index in [1.54, 1.807) is 0 Å². The Morgan fingerprint density at radius 1 is 1.27 bits per heavy atom. The van der Waals surface area contributed by atoms with Crippen LogP contribution in [0.3, 0.4) is 0 Å². The zero-order chi connectivity index (χ0) is 8.43. The zero-order valence-electron chi connectivity index (χ0n) is 5.80. The molecule has 11 heavy (non-hydrogen) atoms. The van der Waals surface area contributed by atoms with Crippen molar-refractivity contribution in [2.45, 2.75) is 13.5 Å². The summed E-state index contributed by atoms with van der Waals surface area (Å²) < 4.78 is 1.42. The van der Waals surface area contributed by atoms with Crippen LogP contribution in [0.1, 0.15) is 11.4 Å². The van der Waals surface area contributed by atoms with Crippen molar-refractivity contribution < 1.29 is 5.11 Å². The van der Waals surface area contributed by atoms with Gasteiger partial charge in [0.15, 0.2) is 5.82 Å². The second kappa shape index (κ2) is 3.60. The van der Waals surface area contributed by atoms with Crippen LogP contribution >= 0.6 is 31.9 Å². The van der Waals surface area contributed by atoms with E-state index in [-0.39, 0.29) is 6.61 Å². The normalized spacial score (nSPS) is 10.2. The molecular formula is C6H6Br2N2O. The minimum Gasteiger partial charge on any atom is -0.388 e. The lowest BCUT2D eigenvalue weighted by molar-refractivity contribution is 0.270. The highest BCUT2D eigenvalue weighted by molar-refractivity contribution is 9.11. The number of hydrogen-bond acceptors (Lipinski definition) is 3. The van der Waals surface area contributed by atoms with Crippen LogP contribution < -0.4 is 0 Å². The van der Waals surface area contributed by atoms with Gasteiger partial charge < -0.3 is 5.11 Å². The number of aromatic nitrogens is 2. The van der Waals surface area contributed by atoms with E-state index in [1.165, 1.54) is 0 Å². The quantitative estimate of drug-likeness (QED) is 0.799. The van der Waals surface area contributed by atoms with Gasteiger partial charge in [-0.1, -0.05) is 0 Å². The zero-order valence-corrected chi connectivity index (χ0v) is 8.98. The molecule has 0 amide bonds. The summed E-state index contributed by atoms with van der Waals surface area (Å²) in [5, 5.41) is 8.71. The first-order chi connectivity index (χ1) is 5.15. The van der Waals surface area contributed by atoms with Crippen molar-refractivity contribution >= 4 is 31.9 Å². The average Bonchev–Trinajstić information content (AvgIpc) is 1.99. The minimum atomic E-state index is -0.141. The van der Waals surface area contributed by atoms with Gasteiger partial charge in [0.2, 0.25) is 0 Å². The largest absolute Gasteiger partial charge is 0.388 e. The summed E-state index contributed by atoms with van der Waals surface area (Å²) in [6.07, 6.45) is 0. The lowest BCUT2D eigenvalue weighted by Gasteiger charge is -2.01. The Morgan fingerprint density at radius 3 is 2.09 bits per heavy atom. The SMILES string of the molecule is Cc1c(Br)nc(CO)nc1Br. The molecule has 1 rings (SSSR count). The fraction of sp³-hybridized carbons (Fsp3) is 0.333. The van der Waals surface area contributed by atoms with Gasteiger partial charge in [-0.3, -0.25) is 0 Å². The highest BCUT2D eigenvalue weighted by Crippen LogP contribution is 2.20. The van der Waals surface area contributed by atoms with E-state index in [9.17, 15) is 0 Å². The molecule has 0 fully saturated rings. The summed E-state index contributed by atoms with van der Waals surface area (Å²) in [7, 11) is 0. The molecule has 0 bridgehead atoms. The summed E-state index contributed by atoms with van der Waals surface area (Å²) in [5.41, 5.74) is 0.933. The molecular weight excluding hydrogens is 276 g/mol. The van der Waals surface area contributed by atoms with Crippen LogP contribution in [-0.2, 0) is 6.61 Å². The van der Waals surface area contributed by atoms with Crippen LogP contribution in [0.5, 0.6) is 0 Å². The Morgan fingerprint density at radius 2 is 1.73 bits per heavy atom. The number of nitrogens with zero attached hydrogens (tertiary/aromatic N) is 2. The van der Waals surface area contributed by atoms with Crippen molar-refractivity contribution in [2.75, 3.05) is 0 Å². The maximum absolute atomic E-state index is 8.71. The molecule has 0 saturated carbocycles. The fourth-order valence-corrected chi connectivity index (χ4v) is 1.63. The number of aliphatic hydroxyl groups is 1. The molecule has 60 valence electrons. The molecule has 0 radical (unpaired) electrons. The number of rotatable bonds is 1.